The van der Waals surface area contributed by atoms with Crippen molar-refractivity contribution in [3.05, 3.63) is 76.9 Å². The lowest BCUT2D eigenvalue weighted by Crippen LogP contribution is -2.43. The number of aryl methyl sites for hydroxylation is 2. The van der Waals surface area contributed by atoms with Gasteiger partial charge in [0.2, 0.25) is 0 Å². The first-order valence-electron chi connectivity index (χ1n) is 11.9. The molecule has 5 rings (SSSR count). The molecule has 0 bridgehead atoms. The van der Waals surface area contributed by atoms with Gasteiger partial charge in [0, 0.05) is 56.2 Å². The van der Waals surface area contributed by atoms with E-state index in [2.05, 4.69) is 38.8 Å². The van der Waals surface area contributed by atoms with E-state index in [0.717, 1.165) is 64.8 Å². The van der Waals surface area contributed by atoms with Crippen LogP contribution >= 0.6 is 11.3 Å². The highest BCUT2D eigenvalue weighted by Gasteiger charge is 2.19. The summed E-state index contributed by atoms with van der Waals surface area (Å²) in [7, 11) is 1.90. The van der Waals surface area contributed by atoms with Crippen LogP contribution in [0.1, 0.15) is 34.5 Å². The monoisotopic (exact) mass is 486 g/mol. The second-order valence-corrected chi connectivity index (χ2v) is 9.93. The minimum atomic E-state index is -0.193. The van der Waals surface area contributed by atoms with E-state index in [-0.39, 0.29) is 11.9 Å². The van der Waals surface area contributed by atoms with Gasteiger partial charge in [0.05, 0.1) is 28.5 Å². The molecule has 2 N–H and O–H groups in total. The predicted molar refractivity (Wildman–Crippen MR) is 142 cm³/mol. The van der Waals surface area contributed by atoms with Crippen molar-refractivity contribution in [3.63, 3.8) is 0 Å². The Balaban J connectivity index is 1.43. The van der Waals surface area contributed by atoms with Crippen molar-refractivity contribution < 1.29 is 4.79 Å². The Hall–Kier alpha value is -3.49. The number of carbonyl (C=O) groups is 1. The summed E-state index contributed by atoms with van der Waals surface area (Å²) in [4.78, 5) is 21.7. The summed E-state index contributed by atoms with van der Waals surface area (Å²) < 4.78 is 1.77. The minimum absolute atomic E-state index is 0.0654. The summed E-state index contributed by atoms with van der Waals surface area (Å²) in [6.45, 7) is 7.82. The molecule has 35 heavy (non-hydrogen) atoms. The Bertz CT molecular complexity index is 1320. The smallest absolute Gasteiger partial charge is 0.252 e. The average Bonchev–Trinajstić information content (AvgIpc) is 3.57. The van der Waals surface area contributed by atoms with E-state index in [9.17, 15) is 4.79 Å². The molecular formula is C27H30N6OS. The average molecular weight is 487 g/mol. The number of carbonyl (C=O) groups excluding carboxylic acids is 1. The molecule has 4 aromatic rings. The number of nitrogens with one attached hydrogen (secondary N) is 2. The number of thiophene rings is 1. The van der Waals surface area contributed by atoms with Crippen LogP contribution in [0.4, 0.5) is 5.69 Å². The van der Waals surface area contributed by atoms with E-state index in [4.69, 9.17) is 4.98 Å². The molecule has 180 valence electrons. The maximum absolute atomic E-state index is 13.4. The van der Waals surface area contributed by atoms with E-state index in [0.29, 0.717) is 5.56 Å². The number of amides is 1. The molecule has 1 fully saturated rings. The van der Waals surface area contributed by atoms with Crippen molar-refractivity contribution in [2.45, 2.75) is 19.9 Å². The van der Waals surface area contributed by atoms with Crippen LogP contribution in [0, 0.1) is 6.92 Å². The van der Waals surface area contributed by atoms with Gasteiger partial charge in [-0.05, 0) is 60.7 Å². The van der Waals surface area contributed by atoms with Gasteiger partial charge in [-0.15, -0.1) is 11.3 Å². The first-order chi connectivity index (χ1) is 17.0. The molecule has 4 heterocycles. The third kappa shape index (κ3) is 5.13. The summed E-state index contributed by atoms with van der Waals surface area (Å²) in [6, 6.07) is 14.2. The quantitative estimate of drug-likeness (QED) is 0.422. The molecule has 1 amide bonds. The number of benzene rings is 1. The maximum Gasteiger partial charge on any atom is 0.252 e. The zero-order valence-electron chi connectivity index (χ0n) is 20.3. The molecule has 0 saturated carbocycles. The highest BCUT2D eigenvalue weighted by molar-refractivity contribution is 7.13. The Morgan fingerprint density at radius 1 is 1.14 bits per heavy atom. The van der Waals surface area contributed by atoms with Crippen LogP contribution in [-0.2, 0) is 7.05 Å². The number of hydrogen-bond acceptors (Lipinski definition) is 6. The van der Waals surface area contributed by atoms with Crippen molar-refractivity contribution in [3.8, 4) is 21.8 Å². The van der Waals surface area contributed by atoms with Crippen LogP contribution in [0.25, 0.3) is 21.8 Å². The molecule has 1 atom stereocenters. The third-order valence-corrected chi connectivity index (χ3v) is 7.31. The standard InChI is InChI=1S/C27H30N6OS/c1-18-6-7-22(33-10-8-28-9-11-33)15-23(18)27(34)30-19(2)20-13-24(21-16-29-32(3)17-21)31-25(14-20)26-5-4-12-35-26/h4-7,12-17,19,28H,8-11H2,1-3H3,(H,30,34). The van der Waals surface area contributed by atoms with Crippen LogP contribution < -0.4 is 15.5 Å². The molecule has 0 aliphatic carbocycles. The van der Waals surface area contributed by atoms with Gasteiger partial charge in [-0.2, -0.15) is 5.10 Å². The highest BCUT2D eigenvalue weighted by Crippen LogP contribution is 2.30. The predicted octanol–water partition coefficient (Wildman–Crippen LogP) is 4.42. The molecule has 0 radical (unpaired) electrons. The lowest BCUT2D eigenvalue weighted by atomic mass is 10.0. The van der Waals surface area contributed by atoms with Gasteiger partial charge in [0.15, 0.2) is 0 Å². The molecule has 1 aliphatic rings. The molecular weight excluding hydrogens is 456 g/mol. The summed E-state index contributed by atoms with van der Waals surface area (Å²) in [5.74, 6) is -0.0654. The van der Waals surface area contributed by atoms with Gasteiger partial charge in [-0.3, -0.25) is 9.48 Å². The van der Waals surface area contributed by atoms with Gasteiger partial charge in [0.25, 0.3) is 5.91 Å². The van der Waals surface area contributed by atoms with Crippen LogP contribution in [0.3, 0.4) is 0 Å². The maximum atomic E-state index is 13.4. The number of piperazine rings is 1. The zero-order valence-corrected chi connectivity index (χ0v) is 21.1. The third-order valence-electron chi connectivity index (χ3n) is 6.42. The molecule has 7 nitrogen and oxygen atoms in total. The first-order valence-corrected chi connectivity index (χ1v) is 12.8. The molecule has 1 aromatic carbocycles. The van der Waals surface area contributed by atoms with Gasteiger partial charge in [-0.25, -0.2) is 4.98 Å². The van der Waals surface area contributed by atoms with Crippen molar-refractivity contribution in [1.82, 2.24) is 25.4 Å². The number of aromatic nitrogens is 3. The van der Waals surface area contributed by atoms with Crippen molar-refractivity contribution >= 4 is 22.9 Å². The SMILES string of the molecule is Cc1ccc(N2CCNCC2)cc1C(=O)NC(C)c1cc(-c2cnn(C)c2)nc(-c2cccs2)c1. The van der Waals surface area contributed by atoms with E-state index in [1.807, 2.05) is 62.9 Å². The van der Waals surface area contributed by atoms with Gasteiger partial charge >= 0.3 is 0 Å². The summed E-state index contributed by atoms with van der Waals surface area (Å²) in [5, 5.41) is 13.0. The summed E-state index contributed by atoms with van der Waals surface area (Å²) >= 11 is 1.65. The number of nitrogens with zero attached hydrogens (tertiary/aromatic N) is 4. The fourth-order valence-corrected chi connectivity index (χ4v) is 5.07. The fraction of sp³-hybridized carbons (Fsp3) is 0.296. The summed E-state index contributed by atoms with van der Waals surface area (Å²) in [6.07, 6.45) is 3.77. The topological polar surface area (TPSA) is 75.1 Å². The van der Waals surface area contributed by atoms with E-state index < -0.39 is 0 Å². The number of pyridine rings is 1. The van der Waals surface area contributed by atoms with Crippen LogP contribution in [0.2, 0.25) is 0 Å². The number of anilines is 1. The second kappa shape index (κ2) is 10.0. The number of rotatable bonds is 6. The van der Waals surface area contributed by atoms with Crippen molar-refractivity contribution in [1.29, 1.82) is 0 Å². The van der Waals surface area contributed by atoms with E-state index in [1.165, 1.54) is 0 Å². The first kappa shape index (κ1) is 23.3. The Labute approximate surface area is 209 Å². The van der Waals surface area contributed by atoms with Gasteiger partial charge in [-0.1, -0.05) is 12.1 Å². The van der Waals surface area contributed by atoms with E-state index in [1.54, 1.807) is 16.0 Å². The second-order valence-electron chi connectivity index (χ2n) is 8.98. The fourth-order valence-electron chi connectivity index (χ4n) is 4.39. The lowest BCUT2D eigenvalue weighted by Gasteiger charge is -2.30. The van der Waals surface area contributed by atoms with Gasteiger partial charge in [0.1, 0.15) is 0 Å². The molecule has 1 unspecified atom stereocenters. The molecule has 3 aromatic heterocycles. The number of hydrogen-bond donors (Lipinski definition) is 2. The van der Waals surface area contributed by atoms with Crippen LogP contribution in [-0.4, -0.2) is 46.9 Å². The summed E-state index contributed by atoms with van der Waals surface area (Å²) in [5.41, 5.74) is 6.48. The Kier molecular flexibility index (Phi) is 6.66. The molecule has 0 spiro atoms. The van der Waals surface area contributed by atoms with Crippen molar-refractivity contribution in [2.75, 3.05) is 31.1 Å². The van der Waals surface area contributed by atoms with Crippen molar-refractivity contribution in [2.24, 2.45) is 7.05 Å². The van der Waals surface area contributed by atoms with Gasteiger partial charge < -0.3 is 15.5 Å². The highest BCUT2D eigenvalue weighted by atomic mass is 32.1. The Morgan fingerprint density at radius 3 is 2.66 bits per heavy atom. The normalized spacial score (nSPS) is 14.7. The molecule has 1 aliphatic heterocycles. The van der Waals surface area contributed by atoms with E-state index >= 15 is 0 Å². The molecule has 1 saturated heterocycles. The minimum Gasteiger partial charge on any atom is -0.369 e. The van der Waals surface area contributed by atoms with Crippen LogP contribution in [0.15, 0.2) is 60.2 Å². The zero-order chi connectivity index (χ0) is 24.4. The van der Waals surface area contributed by atoms with Crippen LogP contribution in [0.5, 0.6) is 0 Å². The Morgan fingerprint density at radius 2 is 1.94 bits per heavy atom. The molecule has 8 heteroatoms. The lowest BCUT2D eigenvalue weighted by molar-refractivity contribution is 0.0939. The largest absolute Gasteiger partial charge is 0.369 e.